The van der Waals surface area contributed by atoms with E-state index in [-0.39, 0.29) is 12.3 Å². The maximum atomic E-state index is 12.8. The Balaban J connectivity index is 1.60. The van der Waals surface area contributed by atoms with E-state index in [0.717, 1.165) is 34.9 Å². The molecule has 4 rings (SSSR count). The van der Waals surface area contributed by atoms with Crippen molar-refractivity contribution >= 4 is 51.3 Å². The van der Waals surface area contributed by atoms with Crippen LogP contribution in [0.15, 0.2) is 58.4 Å². The van der Waals surface area contributed by atoms with Gasteiger partial charge in [-0.3, -0.25) is 9.59 Å². The van der Waals surface area contributed by atoms with Crippen LogP contribution in [0.3, 0.4) is 0 Å². The minimum Gasteiger partial charge on any atom is -0.493 e. The van der Waals surface area contributed by atoms with Crippen molar-refractivity contribution in [2.75, 3.05) is 18.5 Å². The molecule has 9 heteroatoms. The predicted molar refractivity (Wildman–Crippen MR) is 156 cm³/mol. The lowest BCUT2D eigenvalue weighted by Crippen LogP contribution is -2.09. The van der Waals surface area contributed by atoms with Crippen molar-refractivity contribution in [1.82, 2.24) is 0 Å². The molecule has 8 nitrogen and oxygen atoms in total. The summed E-state index contributed by atoms with van der Waals surface area (Å²) in [6.07, 6.45) is 2.49. The van der Waals surface area contributed by atoms with Crippen molar-refractivity contribution < 1.29 is 29.3 Å². The average molecular weight is 549 g/mol. The van der Waals surface area contributed by atoms with Gasteiger partial charge < -0.3 is 25.0 Å². The molecule has 0 aromatic heterocycles. The van der Waals surface area contributed by atoms with Gasteiger partial charge in [-0.2, -0.15) is 4.99 Å². The van der Waals surface area contributed by atoms with E-state index in [1.54, 1.807) is 31.2 Å². The lowest BCUT2D eigenvalue weighted by Gasteiger charge is -2.14. The molecular formula is C30H32N2O6S. The third-order valence-corrected chi connectivity index (χ3v) is 6.89. The van der Waals surface area contributed by atoms with Crippen molar-refractivity contribution in [3.05, 3.63) is 70.1 Å². The number of carboxylic acids is 1. The molecule has 3 aromatic carbocycles. The average Bonchev–Trinajstić information content (AvgIpc) is 3.24. The standard InChI is InChI=1S/C30H32N2O6S/c1-4-11-37-25-8-6-7-19-13-21(26(17-24(19)25)38-12-5-2)14-27-29(36)32-30(39-27)31-22-10-9-20(15-28(34)35)23(16-22)18(3)33/h6-10,13-14,16-18,33H,4-5,11-12,15H2,1-3H3,(H,34,35)(H,31,32,36). The van der Waals surface area contributed by atoms with E-state index in [4.69, 9.17) is 14.6 Å². The molecule has 3 aromatic rings. The highest BCUT2D eigenvalue weighted by Gasteiger charge is 2.23. The molecule has 0 saturated heterocycles. The number of nitrogens with zero attached hydrogens (tertiary/aromatic N) is 1. The van der Waals surface area contributed by atoms with Crippen LogP contribution in [0, 0.1) is 0 Å². The fourth-order valence-corrected chi connectivity index (χ4v) is 5.02. The second-order valence-electron chi connectivity index (χ2n) is 9.18. The first-order valence-corrected chi connectivity index (χ1v) is 13.7. The molecule has 0 spiro atoms. The number of fused-ring (bicyclic) bond motifs is 1. The summed E-state index contributed by atoms with van der Waals surface area (Å²) in [6, 6.07) is 14.9. The number of ether oxygens (including phenoxy) is 2. The number of aliphatic imine (C=N–C) groups is 1. The number of anilines is 1. The zero-order valence-corrected chi connectivity index (χ0v) is 23.0. The number of rotatable bonds is 11. The number of nitrogens with one attached hydrogen (secondary N) is 1. The monoisotopic (exact) mass is 548 g/mol. The summed E-state index contributed by atoms with van der Waals surface area (Å²) in [5.41, 5.74) is 2.40. The van der Waals surface area contributed by atoms with Crippen molar-refractivity contribution in [2.45, 2.75) is 46.1 Å². The van der Waals surface area contributed by atoms with Crippen molar-refractivity contribution in [3.63, 3.8) is 0 Å². The maximum Gasteiger partial charge on any atom is 0.307 e. The second kappa shape index (κ2) is 12.8. The molecule has 1 atom stereocenters. The van der Waals surface area contributed by atoms with E-state index in [0.29, 0.717) is 45.9 Å². The highest BCUT2D eigenvalue weighted by molar-refractivity contribution is 8.18. The van der Waals surface area contributed by atoms with Crippen LogP contribution in [0.4, 0.5) is 5.69 Å². The Morgan fingerprint density at radius 1 is 1.08 bits per heavy atom. The summed E-state index contributed by atoms with van der Waals surface area (Å²) < 4.78 is 12.0. The largest absolute Gasteiger partial charge is 0.493 e. The number of hydrogen-bond donors (Lipinski definition) is 3. The molecule has 204 valence electrons. The third kappa shape index (κ3) is 6.99. The van der Waals surface area contributed by atoms with Crippen molar-refractivity contribution in [1.29, 1.82) is 0 Å². The number of amides is 1. The Morgan fingerprint density at radius 3 is 2.51 bits per heavy atom. The second-order valence-corrected chi connectivity index (χ2v) is 10.2. The molecule has 1 unspecified atom stereocenters. The molecule has 1 aliphatic heterocycles. The Bertz CT molecular complexity index is 1450. The summed E-state index contributed by atoms with van der Waals surface area (Å²) in [4.78, 5) is 28.6. The van der Waals surface area contributed by atoms with Crippen LogP contribution in [-0.4, -0.2) is 40.5 Å². The van der Waals surface area contributed by atoms with Crippen LogP contribution in [0.1, 0.15) is 56.4 Å². The summed E-state index contributed by atoms with van der Waals surface area (Å²) in [5, 5.41) is 24.7. The number of carbonyl (C=O) groups excluding carboxylic acids is 1. The maximum absolute atomic E-state index is 12.8. The van der Waals surface area contributed by atoms with Crippen LogP contribution in [-0.2, 0) is 16.0 Å². The molecule has 3 N–H and O–H groups in total. The first-order chi connectivity index (χ1) is 18.8. The van der Waals surface area contributed by atoms with E-state index in [1.807, 2.05) is 37.3 Å². The molecule has 1 amide bonds. The number of aliphatic hydroxyl groups is 1. The normalized spacial score (nSPS) is 14.9. The number of carbonyl (C=O) groups is 2. The number of aliphatic hydroxyl groups excluding tert-OH is 1. The Hall–Kier alpha value is -3.82. The minimum atomic E-state index is -0.977. The van der Waals surface area contributed by atoms with E-state index in [9.17, 15) is 14.7 Å². The van der Waals surface area contributed by atoms with Gasteiger partial charge in [0, 0.05) is 16.6 Å². The molecule has 0 bridgehead atoms. The minimum absolute atomic E-state index is 0.192. The summed E-state index contributed by atoms with van der Waals surface area (Å²) in [7, 11) is 0. The molecule has 0 aliphatic carbocycles. The van der Waals surface area contributed by atoms with Crippen LogP contribution in [0.2, 0.25) is 0 Å². The van der Waals surface area contributed by atoms with Gasteiger partial charge in [0.25, 0.3) is 5.91 Å². The third-order valence-electron chi connectivity index (χ3n) is 5.99. The Labute approximate surface area is 231 Å². The number of hydrogen-bond acceptors (Lipinski definition) is 7. The SMILES string of the molecule is CCCOc1cc2c(OCCC)cccc2cc1C=C1SC(Nc2ccc(CC(=O)O)c(C(C)O)c2)=NC1=O. The topological polar surface area (TPSA) is 117 Å². The number of aliphatic carboxylic acids is 1. The van der Waals surface area contributed by atoms with Gasteiger partial charge in [0.05, 0.1) is 30.6 Å². The smallest absolute Gasteiger partial charge is 0.307 e. The van der Waals surface area contributed by atoms with E-state index in [1.165, 1.54) is 11.8 Å². The fraction of sp³-hybridized carbons (Fsp3) is 0.300. The van der Waals surface area contributed by atoms with Gasteiger partial charge in [-0.1, -0.05) is 32.0 Å². The summed E-state index contributed by atoms with van der Waals surface area (Å²) in [6.45, 7) is 6.84. The van der Waals surface area contributed by atoms with Gasteiger partial charge in [0.2, 0.25) is 0 Å². The van der Waals surface area contributed by atoms with Gasteiger partial charge in [-0.25, -0.2) is 0 Å². The van der Waals surface area contributed by atoms with Gasteiger partial charge in [-0.05, 0) is 84.4 Å². The number of carboxylic acid groups (broad SMARTS) is 1. The molecule has 1 heterocycles. The lowest BCUT2D eigenvalue weighted by molar-refractivity contribution is -0.136. The van der Waals surface area contributed by atoms with Gasteiger partial charge in [0.1, 0.15) is 11.5 Å². The molecule has 0 saturated carbocycles. The summed E-state index contributed by atoms with van der Waals surface area (Å²) >= 11 is 1.20. The predicted octanol–water partition coefficient (Wildman–Crippen LogP) is 6.18. The number of benzene rings is 3. The van der Waals surface area contributed by atoms with E-state index < -0.39 is 12.1 Å². The van der Waals surface area contributed by atoms with Gasteiger partial charge >= 0.3 is 5.97 Å². The van der Waals surface area contributed by atoms with Gasteiger partial charge in [0.15, 0.2) is 5.17 Å². The van der Waals surface area contributed by atoms with Crippen LogP contribution >= 0.6 is 11.8 Å². The Kier molecular flexibility index (Phi) is 9.27. The molecule has 0 fully saturated rings. The summed E-state index contributed by atoms with van der Waals surface area (Å²) in [5.74, 6) is 0.105. The van der Waals surface area contributed by atoms with Crippen LogP contribution < -0.4 is 14.8 Å². The van der Waals surface area contributed by atoms with Crippen molar-refractivity contribution in [3.8, 4) is 11.5 Å². The number of thioether (sulfide) groups is 1. The van der Waals surface area contributed by atoms with Crippen LogP contribution in [0.25, 0.3) is 16.8 Å². The number of amidine groups is 1. The first kappa shape index (κ1) is 28.2. The first-order valence-electron chi connectivity index (χ1n) is 12.9. The fourth-order valence-electron chi connectivity index (χ4n) is 4.19. The molecule has 1 aliphatic rings. The quantitative estimate of drug-likeness (QED) is 0.243. The van der Waals surface area contributed by atoms with Crippen molar-refractivity contribution in [2.24, 2.45) is 4.99 Å². The zero-order chi connectivity index (χ0) is 27.9. The van der Waals surface area contributed by atoms with E-state index in [2.05, 4.69) is 17.2 Å². The zero-order valence-electron chi connectivity index (χ0n) is 22.2. The molecule has 39 heavy (non-hydrogen) atoms. The van der Waals surface area contributed by atoms with Crippen LogP contribution in [0.5, 0.6) is 11.5 Å². The Morgan fingerprint density at radius 2 is 1.82 bits per heavy atom. The highest BCUT2D eigenvalue weighted by atomic mass is 32.2. The van der Waals surface area contributed by atoms with E-state index >= 15 is 0 Å². The highest BCUT2D eigenvalue weighted by Crippen LogP contribution is 2.37. The van der Waals surface area contributed by atoms with Gasteiger partial charge in [-0.15, -0.1) is 0 Å². The molecule has 0 radical (unpaired) electrons. The lowest BCUT2D eigenvalue weighted by atomic mass is 10.00. The molecular weight excluding hydrogens is 516 g/mol.